The minimum absolute atomic E-state index is 0.129. The van der Waals surface area contributed by atoms with Crippen molar-refractivity contribution < 1.29 is 14.3 Å². The van der Waals surface area contributed by atoms with E-state index in [4.69, 9.17) is 9.47 Å². The summed E-state index contributed by atoms with van der Waals surface area (Å²) in [6, 6.07) is 22.7. The van der Waals surface area contributed by atoms with Crippen molar-refractivity contribution >= 4 is 17.3 Å². The summed E-state index contributed by atoms with van der Waals surface area (Å²) in [4.78, 5) is 13.2. The first-order valence-electron chi connectivity index (χ1n) is 12.1. The number of hydrogen-bond donors (Lipinski definition) is 2. The number of methoxy groups -OCH3 is 2. The topological polar surface area (TPSA) is 59.6 Å². The molecule has 1 aliphatic heterocycles. The van der Waals surface area contributed by atoms with Gasteiger partial charge in [0.2, 0.25) is 0 Å². The number of amides is 1. The number of carbonyl (C=O) groups excluding carboxylic acids is 1. The normalized spacial score (nSPS) is 26.2. The summed E-state index contributed by atoms with van der Waals surface area (Å²) in [7, 11) is 3.20. The predicted molar refractivity (Wildman–Crippen MR) is 134 cm³/mol. The van der Waals surface area contributed by atoms with E-state index in [-0.39, 0.29) is 5.91 Å². The Morgan fingerprint density at radius 2 is 1.76 bits per heavy atom. The third-order valence-electron chi connectivity index (χ3n) is 8.16. The third kappa shape index (κ3) is 3.42. The standard InChI is InChI=1S/C29H30N2O3/c1-33-21-11-13-24(25(16-21)34-2)31-29(32)20-10-12-23-22(15-20)26-18-8-9-19(14-18)27(26)28(30-23)17-6-4-3-5-7-17/h3-7,10-13,15-16,18-19,26-28,30H,8-9,14H2,1-2H3,(H,31,32)/t18-,19-,26-,27+,28+/m0/s1. The summed E-state index contributed by atoms with van der Waals surface area (Å²) in [5.74, 6) is 3.67. The van der Waals surface area contributed by atoms with E-state index in [0.717, 1.165) is 5.92 Å². The molecule has 6 rings (SSSR count). The molecule has 0 saturated heterocycles. The molecule has 34 heavy (non-hydrogen) atoms. The van der Waals surface area contributed by atoms with Crippen molar-refractivity contribution in [2.24, 2.45) is 17.8 Å². The zero-order chi connectivity index (χ0) is 23.2. The molecule has 0 radical (unpaired) electrons. The molecule has 2 N–H and O–H groups in total. The van der Waals surface area contributed by atoms with E-state index in [1.54, 1.807) is 20.3 Å². The highest BCUT2D eigenvalue weighted by Gasteiger charge is 2.53. The van der Waals surface area contributed by atoms with Gasteiger partial charge in [-0.3, -0.25) is 4.79 Å². The average Bonchev–Trinajstić information content (AvgIpc) is 3.51. The number of anilines is 2. The van der Waals surface area contributed by atoms with Gasteiger partial charge in [-0.05, 0) is 84.4 Å². The van der Waals surface area contributed by atoms with Crippen LogP contribution in [-0.2, 0) is 0 Å². The van der Waals surface area contributed by atoms with Crippen LogP contribution >= 0.6 is 0 Å². The molecule has 1 amide bonds. The molecule has 0 spiro atoms. The van der Waals surface area contributed by atoms with E-state index in [0.29, 0.717) is 46.5 Å². The van der Waals surface area contributed by atoms with Crippen molar-refractivity contribution in [2.75, 3.05) is 24.9 Å². The first-order chi connectivity index (χ1) is 16.7. The van der Waals surface area contributed by atoms with Crippen LogP contribution in [0, 0.1) is 17.8 Å². The van der Waals surface area contributed by atoms with E-state index < -0.39 is 0 Å². The zero-order valence-electron chi connectivity index (χ0n) is 19.6. The fraction of sp³-hybridized carbons (Fsp3) is 0.345. The number of fused-ring (bicyclic) bond motifs is 7. The molecule has 0 unspecified atom stereocenters. The maximum Gasteiger partial charge on any atom is 0.255 e. The van der Waals surface area contributed by atoms with Crippen molar-refractivity contribution in [1.82, 2.24) is 0 Å². The highest BCUT2D eigenvalue weighted by molar-refractivity contribution is 6.05. The van der Waals surface area contributed by atoms with Gasteiger partial charge >= 0.3 is 0 Å². The summed E-state index contributed by atoms with van der Waals surface area (Å²) < 4.78 is 10.7. The van der Waals surface area contributed by atoms with Crippen LogP contribution in [0.25, 0.3) is 0 Å². The van der Waals surface area contributed by atoms with Crippen molar-refractivity contribution in [3.8, 4) is 11.5 Å². The fourth-order valence-electron chi connectivity index (χ4n) is 6.71. The molecule has 0 aromatic heterocycles. The van der Waals surface area contributed by atoms with E-state index in [1.807, 2.05) is 18.2 Å². The number of hydrogen-bond acceptors (Lipinski definition) is 4. The van der Waals surface area contributed by atoms with Gasteiger partial charge in [0, 0.05) is 17.3 Å². The van der Waals surface area contributed by atoms with Crippen LogP contribution in [0.4, 0.5) is 11.4 Å². The molecular formula is C29H30N2O3. The summed E-state index contributed by atoms with van der Waals surface area (Å²) >= 11 is 0. The van der Waals surface area contributed by atoms with Crippen LogP contribution in [0.3, 0.4) is 0 Å². The molecule has 2 saturated carbocycles. The van der Waals surface area contributed by atoms with E-state index in [1.165, 1.54) is 36.1 Å². The molecule has 2 fully saturated rings. The Morgan fingerprint density at radius 3 is 2.56 bits per heavy atom. The summed E-state index contributed by atoms with van der Waals surface area (Å²) in [6.07, 6.45) is 3.93. The molecule has 174 valence electrons. The minimum atomic E-state index is -0.129. The van der Waals surface area contributed by atoms with Gasteiger partial charge in [-0.15, -0.1) is 0 Å². The van der Waals surface area contributed by atoms with Gasteiger partial charge in [-0.2, -0.15) is 0 Å². The molecule has 2 aliphatic carbocycles. The number of ether oxygens (including phenoxy) is 2. The maximum absolute atomic E-state index is 13.2. The fourth-order valence-corrected chi connectivity index (χ4v) is 6.71. The van der Waals surface area contributed by atoms with Crippen LogP contribution in [0.2, 0.25) is 0 Å². The van der Waals surface area contributed by atoms with Gasteiger partial charge in [-0.1, -0.05) is 30.3 Å². The molecular weight excluding hydrogens is 424 g/mol. The SMILES string of the molecule is COc1ccc(NC(=O)c2ccc3c(c2)[C@@H]2[C@H]4CC[C@@H](C4)[C@H]2[C@@H](c2ccccc2)N3)c(OC)c1. The van der Waals surface area contributed by atoms with Gasteiger partial charge in [0.1, 0.15) is 11.5 Å². The lowest BCUT2D eigenvalue weighted by Gasteiger charge is -2.43. The lowest BCUT2D eigenvalue weighted by molar-refractivity contribution is 0.102. The van der Waals surface area contributed by atoms with Crippen molar-refractivity contribution in [3.05, 3.63) is 83.4 Å². The van der Waals surface area contributed by atoms with Crippen molar-refractivity contribution in [2.45, 2.75) is 31.2 Å². The first kappa shape index (κ1) is 21.1. The Hall–Kier alpha value is -3.47. The Balaban J connectivity index is 1.32. The highest BCUT2D eigenvalue weighted by Crippen LogP contribution is 2.63. The molecule has 1 heterocycles. The van der Waals surface area contributed by atoms with E-state index in [9.17, 15) is 4.79 Å². The number of carbonyl (C=O) groups is 1. The van der Waals surface area contributed by atoms with Gasteiger partial charge in [0.25, 0.3) is 5.91 Å². The second kappa shape index (κ2) is 8.39. The number of rotatable bonds is 5. The Morgan fingerprint density at radius 1 is 0.941 bits per heavy atom. The van der Waals surface area contributed by atoms with E-state index in [2.05, 4.69) is 53.1 Å². The molecule has 5 heteroatoms. The van der Waals surface area contributed by atoms with Crippen LogP contribution in [0.15, 0.2) is 66.7 Å². The molecule has 3 aliphatic rings. The molecule has 3 aromatic rings. The Labute approximate surface area is 200 Å². The maximum atomic E-state index is 13.2. The monoisotopic (exact) mass is 454 g/mol. The second-order valence-corrected chi connectivity index (χ2v) is 9.79. The van der Waals surface area contributed by atoms with Gasteiger partial charge < -0.3 is 20.1 Å². The van der Waals surface area contributed by atoms with Crippen LogP contribution < -0.4 is 20.1 Å². The summed E-state index contributed by atoms with van der Waals surface area (Å²) in [5, 5.41) is 6.87. The van der Waals surface area contributed by atoms with Crippen molar-refractivity contribution in [1.29, 1.82) is 0 Å². The summed E-state index contributed by atoms with van der Waals surface area (Å²) in [6.45, 7) is 0. The second-order valence-electron chi connectivity index (χ2n) is 9.79. The smallest absolute Gasteiger partial charge is 0.255 e. The Kier molecular flexibility index (Phi) is 5.20. The number of nitrogens with one attached hydrogen (secondary N) is 2. The molecule has 5 atom stereocenters. The third-order valence-corrected chi connectivity index (χ3v) is 8.16. The highest BCUT2D eigenvalue weighted by atomic mass is 16.5. The first-order valence-corrected chi connectivity index (χ1v) is 12.1. The summed E-state index contributed by atoms with van der Waals surface area (Å²) in [5.41, 5.74) is 5.15. The average molecular weight is 455 g/mol. The van der Waals surface area contributed by atoms with Gasteiger partial charge in [0.05, 0.1) is 25.9 Å². The largest absolute Gasteiger partial charge is 0.497 e. The van der Waals surface area contributed by atoms with Crippen LogP contribution in [0.1, 0.15) is 52.7 Å². The zero-order valence-corrected chi connectivity index (χ0v) is 19.6. The van der Waals surface area contributed by atoms with Crippen molar-refractivity contribution in [3.63, 3.8) is 0 Å². The number of benzene rings is 3. The predicted octanol–water partition coefficient (Wildman–Crippen LogP) is 6.25. The quantitative estimate of drug-likeness (QED) is 0.478. The lowest BCUT2D eigenvalue weighted by Crippen LogP contribution is -2.35. The van der Waals surface area contributed by atoms with Crippen LogP contribution in [-0.4, -0.2) is 20.1 Å². The Bertz CT molecular complexity index is 1230. The molecule has 5 nitrogen and oxygen atoms in total. The van der Waals surface area contributed by atoms with Crippen LogP contribution in [0.5, 0.6) is 11.5 Å². The molecule has 3 aromatic carbocycles. The lowest BCUT2D eigenvalue weighted by atomic mass is 9.68. The van der Waals surface area contributed by atoms with Gasteiger partial charge in [0.15, 0.2) is 0 Å². The van der Waals surface area contributed by atoms with E-state index >= 15 is 0 Å². The van der Waals surface area contributed by atoms with Gasteiger partial charge in [-0.25, -0.2) is 0 Å². The molecule has 2 bridgehead atoms. The minimum Gasteiger partial charge on any atom is -0.497 e.